The van der Waals surface area contributed by atoms with Crippen LogP contribution in [0.5, 0.6) is 0 Å². The summed E-state index contributed by atoms with van der Waals surface area (Å²) in [7, 11) is -2.69. The maximum atomic E-state index is 13.9. The molecule has 0 aliphatic carbocycles. The summed E-state index contributed by atoms with van der Waals surface area (Å²) in [6.07, 6.45) is 0.528. The number of benzene rings is 3. The standard InChI is InChI=1S/C19H16BrOP/c20-17-9-7-8-16(14-17)15-22(21,18-10-3-1-4-11-18)19-12-5-2-6-13-19/h1-14H,15H2. The third kappa shape index (κ3) is 3.24. The lowest BCUT2D eigenvalue weighted by Crippen LogP contribution is -2.17. The monoisotopic (exact) mass is 370 g/mol. The van der Waals surface area contributed by atoms with Crippen molar-refractivity contribution in [1.29, 1.82) is 0 Å². The molecule has 3 aromatic rings. The maximum absolute atomic E-state index is 13.9. The average Bonchev–Trinajstić information content (AvgIpc) is 2.56. The van der Waals surface area contributed by atoms with Crippen molar-refractivity contribution in [3.05, 3.63) is 95.0 Å². The zero-order valence-electron chi connectivity index (χ0n) is 12.0. The quantitative estimate of drug-likeness (QED) is 0.593. The molecule has 0 radical (unpaired) electrons. The summed E-state index contributed by atoms with van der Waals surface area (Å²) in [6.45, 7) is 0. The Kier molecular flexibility index (Phi) is 4.61. The highest BCUT2D eigenvalue weighted by atomic mass is 79.9. The second-order valence-electron chi connectivity index (χ2n) is 5.20. The van der Waals surface area contributed by atoms with Gasteiger partial charge in [-0.1, -0.05) is 88.7 Å². The normalized spacial score (nSPS) is 11.3. The van der Waals surface area contributed by atoms with Gasteiger partial charge in [0.1, 0.15) is 7.14 Å². The minimum atomic E-state index is -2.69. The fourth-order valence-corrected chi connectivity index (χ4v) is 5.69. The highest BCUT2D eigenvalue weighted by Gasteiger charge is 2.27. The first kappa shape index (κ1) is 15.3. The van der Waals surface area contributed by atoms with Crippen LogP contribution in [0, 0.1) is 0 Å². The molecule has 0 amide bonds. The second-order valence-corrected chi connectivity index (χ2v) is 8.94. The molecule has 0 saturated heterocycles. The number of hydrogen-bond acceptors (Lipinski definition) is 1. The lowest BCUT2D eigenvalue weighted by Gasteiger charge is -2.19. The first-order valence-electron chi connectivity index (χ1n) is 7.13. The van der Waals surface area contributed by atoms with Crippen LogP contribution in [0.25, 0.3) is 0 Å². The molecule has 22 heavy (non-hydrogen) atoms. The van der Waals surface area contributed by atoms with Crippen LogP contribution in [0.1, 0.15) is 5.56 Å². The molecule has 0 fully saturated rings. The summed E-state index contributed by atoms with van der Waals surface area (Å²) in [5, 5.41) is 1.81. The zero-order chi connectivity index (χ0) is 15.4. The second kappa shape index (κ2) is 6.64. The molecule has 0 heterocycles. The SMILES string of the molecule is O=P(Cc1cccc(Br)c1)(c1ccccc1)c1ccccc1. The van der Waals surface area contributed by atoms with Crippen molar-refractivity contribution >= 4 is 33.7 Å². The van der Waals surface area contributed by atoms with E-state index in [9.17, 15) is 4.57 Å². The molecular formula is C19H16BrOP. The van der Waals surface area contributed by atoms with E-state index in [0.29, 0.717) is 6.16 Å². The molecule has 0 aromatic heterocycles. The lowest BCUT2D eigenvalue weighted by molar-refractivity contribution is 0.586. The van der Waals surface area contributed by atoms with Gasteiger partial charge in [-0.05, 0) is 17.7 Å². The molecular weight excluding hydrogens is 355 g/mol. The number of rotatable bonds is 4. The van der Waals surface area contributed by atoms with Gasteiger partial charge in [-0.3, -0.25) is 0 Å². The molecule has 0 spiro atoms. The van der Waals surface area contributed by atoms with Crippen LogP contribution in [0.3, 0.4) is 0 Å². The van der Waals surface area contributed by atoms with Gasteiger partial charge in [0.2, 0.25) is 0 Å². The van der Waals surface area contributed by atoms with E-state index >= 15 is 0 Å². The van der Waals surface area contributed by atoms with Crippen LogP contribution < -0.4 is 10.6 Å². The molecule has 0 atom stereocenters. The van der Waals surface area contributed by atoms with Gasteiger partial charge in [0, 0.05) is 21.2 Å². The minimum Gasteiger partial charge on any atom is -0.313 e. The molecule has 0 saturated carbocycles. The molecule has 3 heteroatoms. The van der Waals surface area contributed by atoms with Gasteiger partial charge in [0.15, 0.2) is 0 Å². The largest absolute Gasteiger partial charge is 0.313 e. The van der Waals surface area contributed by atoms with Crippen molar-refractivity contribution in [2.24, 2.45) is 0 Å². The summed E-state index contributed by atoms with van der Waals surface area (Å²) in [4.78, 5) is 0. The van der Waals surface area contributed by atoms with Crippen molar-refractivity contribution < 1.29 is 4.57 Å². The number of hydrogen-bond donors (Lipinski definition) is 0. The topological polar surface area (TPSA) is 17.1 Å². The van der Waals surface area contributed by atoms with E-state index in [-0.39, 0.29) is 0 Å². The van der Waals surface area contributed by atoms with E-state index in [0.717, 1.165) is 20.6 Å². The Morgan fingerprint density at radius 1 is 0.727 bits per heavy atom. The highest BCUT2D eigenvalue weighted by molar-refractivity contribution is 9.10. The summed E-state index contributed by atoms with van der Waals surface area (Å²) >= 11 is 3.49. The molecule has 0 aliphatic heterocycles. The predicted octanol–water partition coefficient (Wildman–Crippen LogP) is 4.96. The van der Waals surface area contributed by atoms with Gasteiger partial charge in [-0.25, -0.2) is 0 Å². The third-order valence-corrected chi connectivity index (χ3v) is 7.21. The molecule has 3 rings (SSSR count). The van der Waals surface area contributed by atoms with Crippen molar-refractivity contribution in [2.45, 2.75) is 6.16 Å². The zero-order valence-corrected chi connectivity index (χ0v) is 14.5. The molecule has 3 aromatic carbocycles. The van der Waals surface area contributed by atoms with E-state index in [2.05, 4.69) is 15.9 Å². The fraction of sp³-hybridized carbons (Fsp3) is 0.0526. The van der Waals surface area contributed by atoms with Gasteiger partial charge < -0.3 is 4.57 Å². The molecule has 110 valence electrons. The first-order chi connectivity index (χ1) is 10.7. The van der Waals surface area contributed by atoms with Gasteiger partial charge >= 0.3 is 0 Å². The van der Waals surface area contributed by atoms with E-state index in [4.69, 9.17) is 0 Å². The molecule has 0 unspecified atom stereocenters. The van der Waals surface area contributed by atoms with Crippen molar-refractivity contribution in [3.63, 3.8) is 0 Å². The maximum Gasteiger partial charge on any atom is 0.147 e. The van der Waals surface area contributed by atoms with Crippen LogP contribution >= 0.6 is 23.1 Å². The van der Waals surface area contributed by atoms with E-state index in [1.807, 2.05) is 84.9 Å². The van der Waals surface area contributed by atoms with E-state index in [1.165, 1.54) is 0 Å². The fourth-order valence-electron chi connectivity index (χ4n) is 2.56. The van der Waals surface area contributed by atoms with Crippen molar-refractivity contribution in [3.8, 4) is 0 Å². The molecule has 0 bridgehead atoms. The Morgan fingerprint density at radius 3 is 1.77 bits per heavy atom. The van der Waals surface area contributed by atoms with Crippen molar-refractivity contribution in [2.75, 3.05) is 0 Å². The Morgan fingerprint density at radius 2 is 1.27 bits per heavy atom. The smallest absolute Gasteiger partial charge is 0.147 e. The van der Waals surface area contributed by atoms with Gasteiger partial charge in [0.05, 0.1) is 0 Å². The average molecular weight is 371 g/mol. The Labute approximate surface area is 139 Å². The van der Waals surface area contributed by atoms with E-state index in [1.54, 1.807) is 0 Å². The molecule has 0 N–H and O–H groups in total. The van der Waals surface area contributed by atoms with E-state index < -0.39 is 7.14 Å². The molecule has 1 nitrogen and oxygen atoms in total. The van der Waals surface area contributed by atoms with Crippen molar-refractivity contribution in [1.82, 2.24) is 0 Å². The molecule has 0 aliphatic rings. The van der Waals surface area contributed by atoms with Crippen LogP contribution in [0.2, 0.25) is 0 Å². The lowest BCUT2D eigenvalue weighted by atomic mass is 10.2. The summed E-state index contributed by atoms with van der Waals surface area (Å²) in [6, 6.07) is 27.6. The van der Waals surface area contributed by atoms with Gasteiger partial charge in [-0.2, -0.15) is 0 Å². The summed E-state index contributed by atoms with van der Waals surface area (Å²) in [5.41, 5.74) is 1.07. The Bertz CT molecular complexity index is 756. The van der Waals surface area contributed by atoms with Crippen LogP contribution in [0.4, 0.5) is 0 Å². The Balaban J connectivity index is 2.10. The third-order valence-electron chi connectivity index (χ3n) is 3.64. The van der Waals surface area contributed by atoms with Crippen LogP contribution in [-0.2, 0) is 10.7 Å². The summed E-state index contributed by atoms with van der Waals surface area (Å²) in [5.74, 6) is 0. The highest BCUT2D eigenvalue weighted by Crippen LogP contribution is 2.47. The summed E-state index contributed by atoms with van der Waals surface area (Å²) < 4.78 is 14.9. The van der Waals surface area contributed by atoms with Crippen LogP contribution in [-0.4, -0.2) is 0 Å². The number of halogens is 1. The first-order valence-corrected chi connectivity index (χ1v) is 9.82. The van der Waals surface area contributed by atoms with Crippen LogP contribution in [0.15, 0.2) is 89.4 Å². The minimum absolute atomic E-state index is 0.528. The Hall–Kier alpha value is -1.63. The van der Waals surface area contributed by atoms with Gasteiger partial charge in [0.25, 0.3) is 0 Å². The predicted molar refractivity (Wildman–Crippen MR) is 97.6 cm³/mol. The van der Waals surface area contributed by atoms with Gasteiger partial charge in [-0.15, -0.1) is 0 Å².